The van der Waals surface area contributed by atoms with Crippen molar-refractivity contribution in [2.24, 2.45) is 0 Å². The fourth-order valence-electron chi connectivity index (χ4n) is 1.83. The molecule has 0 bridgehead atoms. The van der Waals surface area contributed by atoms with E-state index in [0.29, 0.717) is 19.4 Å². The van der Waals surface area contributed by atoms with E-state index < -0.39 is 33.7 Å². The lowest BCUT2D eigenvalue weighted by atomic mass is 10.2. The predicted molar refractivity (Wildman–Crippen MR) is 68.9 cm³/mol. The van der Waals surface area contributed by atoms with Gasteiger partial charge in [0.15, 0.2) is 0 Å². The zero-order chi connectivity index (χ0) is 14.8. The van der Waals surface area contributed by atoms with Crippen LogP contribution in [0.1, 0.15) is 33.6 Å². The minimum absolute atomic E-state index is 0.386. The molecule has 0 aromatic carbocycles. The maximum atomic E-state index is 11.9. The van der Waals surface area contributed by atoms with E-state index in [2.05, 4.69) is 0 Å². The van der Waals surface area contributed by atoms with Gasteiger partial charge < -0.3 is 4.74 Å². The van der Waals surface area contributed by atoms with Crippen LogP contribution in [0, 0.1) is 0 Å². The SMILES string of the molecule is CC(C)(C)OC(=O)N1CCC[C@H]1C(=O)NS(C)(=O)=O. The second-order valence-electron chi connectivity index (χ2n) is 5.57. The number of sulfonamides is 1. The van der Waals surface area contributed by atoms with Crippen LogP contribution in [0.5, 0.6) is 0 Å². The van der Waals surface area contributed by atoms with Crippen molar-refractivity contribution in [1.82, 2.24) is 9.62 Å². The predicted octanol–water partition coefficient (Wildman–Crippen LogP) is 0.462. The van der Waals surface area contributed by atoms with Crippen molar-refractivity contribution >= 4 is 22.0 Å². The van der Waals surface area contributed by atoms with E-state index in [1.165, 1.54) is 4.90 Å². The van der Waals surface area contributed by atoms with Crippen molar-refractivity contribution in [2.45, 2.75) is 45.3 Å². The molecule has 0 aliphatic carbocycles. The summed E-state index contributed by atoms with van der Waals surface area (Å²) >= 11 is 0. The highest BCUT2D eigenvalue weighted by molar-refractivity contribution is 7.89. The van der Waals surface area contributed by atoms with Crippen LogP contribution in [-0.2, 0) is 19.6 Å². The molecule has 0 radical (unpaired) electrons. The van der Waals surface area contributed by atoms with Crippen LogP contribution in [0.25, 0.3) is 0 Å². The maximum Gasteiger partial charge on any atom is 0.410 e. The summed E-state index contributed by atoms with van der Waals surface area (Å²) in [5.74, 6) is -0.689. The first-order chi connectivity index (χ1) is 8.49. The Kier molecular flexibility index (Phi) is 4.44. The molecule has 8 heteroatoms. The standard InChI is InChI=1S/C11H20N2O5S/c1-11(2,3)18-10(15)13-7-5-6-8(13)9(14)12-19(4,16)17/h8H,5-7H2,1-4H3,(H,12,14)/t8-/m0/s1. The van der Waals surface area contributed by atoms with Gasteiger partial charge in [-0.3, -0.25) is 14.4 Å². The lowest BCUT2D eigenvalue weighted by Gasteiger charge is -2.27. The van der Waals surface area contributed by atoms with Gasteiger partial charge in [-0.05, 0) is 33.6 Å². The van der Waals surface area contributed by atoms with E-state index in [1.54, 1.807) is 20.8 Å². The number of hydrogen-bond acceptors (Lipinski definition) is 5. The van der Waals surface area contributed by atoms with Gasteiger partial charge in [0.25, 0.3) is 5.91 Å². The molecule has 110 valence electrons. The normalized spacial score (nSPS) is 20.2. The number of nitrogens with zero attached hydrogens (tertiary/aromatic N) is 1. The van der Waals surface area contributed by atoms with E-state index in [9.17, 15) is 18.0 Å². The number of nitrogens with one attached hydrogen (secondary N) is 1. The second-order valence-corrected chi connectivity index (χ2v) is 7.32. The lowest BCUT2D eigenvalue weighted by Crippen LogP contribution is -2.48. The average Bonchev–Trinajstić information content (AvgIpc) is 2.59. The fraction of sp³-hybridized carbons (Fsp3) is 0.818. The molecule has 1 atom stereocenters. The Bertz CT molecular complexity index is 466. The first kappa shape index (κ1) is 15.7. The Labute approximate surface area is 113 Å². The van der Waals surface area contributed by atoms with Crippen molar-refractivity contribution in [3.63, 3.8) is 0 Å². The van der Waals surface area contributed by atoms with Crippen molar-refractivity contribution in [3.8, 4) is 0 Å². The number of rotatable bonds is 2. The molecule has 0 aromatic heterocycles. The molecule has 1 aliphatic rings. The number of hydrogen-bond donors (Lipinski definition) is 1. The molecule has 1 N–H and O–H groups in total. The molecule has 0 saturated carbocycles. The zero-order valence-electron chi connectivity index (χ0n) is 11.6. The number of amides is 2. The largest absolute Gasteiger partial charge is 0.444 e. The van der Waals surface area contributed by atoms with Crippen molar-refractivity contribution in [3.05, 3.63) is 0 Å². The van der Waals surface area contributed by atoms with Gasteiger partial charge in [-0.15, -0.1) is 0 Å². The van der Waals surface area contributed by atoms with Crippen LogP contribution < -0.4 is 4.72 Å². The minimum Gasteiger partial charge on any atom is -0.444 e. The van der Waals surface area contributed by atoms with E-state index >= 15 is 0 Å². The zero-order valence-corrected chi connectivity index (χ0v) is 12.4. The van der Waals surface area contributed by atoms with Gasteiger partial charge in [-0.2, -0.15) is 0 Å². The highest BCUT2D eigenvalue weighted by Gasteiger charge is 2.37. The molecule has 0 unspecified atom stereocenters. The number of carbonyl (C=O) groups excluding carboxylic acids is 2. The van der Waals surface area contributed by atoms with Gasteiger partial charge in [0, 0.05) is 6.54 Å². The summed E-state index contributed by atoms with van der Waals surface area (Å²) in [7, 11) is -3.62. The molecule has 1 heterocycles. The van der Waals surface area contributed by atoms with Crippen LogP contribution in [-0.4, -0.2) is 49.8 Å². The van der Waals surface area contributed by atoms with Gasteiger partial charge in [0.1, 0.15) is 11.6 Å². The van der Waals surface area contributed by atoms with E-state index in [4.69, 9.17) is 4.74 Å². The molecule has 1 aliphatic heterocycles. The third-order valence-corrected chi connectivity index (χ3v) is 3.04. The average molecular weight is 292 g/mol. The Morgan fingerprint density at radius 3 is 2.37 bits per heavy atom. The Hall–Kier alpha value is -1.31. The molecule has 0 spiro atoms. The molecule has 1 fully saturated rings. The van der Waals surface area contributed by atoms with E-state index in [0.717, 1.165) is 6.26 Å². The maximum absolute atomic E-state index is 11.9. The number of carbonyl (C=O) groups is 2. The van der Waals surface area contributed by atoms with Gasteiger partial charge in [0.2, 0.25) is 10.0 Å². The van der Waals surface area contributed by atoms with Crippen LogP contribution in [0.2, 0.25) is 0 Å². The molecule has 1 rings (SSSR count). The molecule has 1 saturated heterocycles. The third kappa shape index (κ3) is 5.06. The van der Waals surface area contributed by atoms with Crippen molar-refractivity contribution in [1.29, 1.82) is 0 Å². The summed E-state index contributed by atoms with van der Waals surface area (Å²) in [6, 6.07) is -0.787. The van der Waals surface area contributed by atoms with Crippen LogP contribution in [0.15, 0.2) is 0 Å². The summed E-state index contributed by atoms with van der Waals surface area (Å²) in [6.07, 6.45) is 1.37. The van der Waals surface area contributed by atoms with Gasteiger partial charge >= 0.3 is 6.09 Å². The van der Waals surface area contributed by atoms with Gasteiger partial charge in [-0.25, -0.2) is 13.2 Å². The molecular formula is C11H20N2O5S. The monoisotopic (exact) mass is 292 g/mol. The summed E-state index contributed by atoms with van der Waals surface area (Å²) in [5.41, 5.74) is -0.655. The molecule has 0 aromatic rings. The molecule has 2 amide bonds. The van der Waals surface area contributed by atoms with Crippen LogP contribution in [0.3, 0.4) is 0 Å². The van der Waals surface area contributed by atoms with Gasteiger partial charge in [0.05, 0.1) is 6.26 Å². The van der Waals surface area contributed by atoms with Crippen molar-refractivity contribution in [2.75, 3.05) is 12.8 Å². The molecular weight excluding hydrogens is 272 g/mol. The first-order valence-electron chi connectivity index (χ1n) is 6.01. The van der Waals surface area contributed by atoms with Crippen LogP contribution in [0.4, 0.5) is 4.79 Å². The van der Waals surface area contributed by atoms with E-state index in [-0.39, 0.29) is 0 Å². The Morgan fingerprint density at radius 1 is 1.32 bits per heavy atom. The summed E-state index contributed by atoms with van der Waals surface area (Å²) in [6.45, 7) is 5.57. The Balaban J connectivity index is 2.74. The van der Waals surface area contributed by atoms with Crippen LogP contribution >= 0.6 is 0 Å². The Morgan fingerprint density at radius 2 is 1.89 bits per heavy atom. The highest BCUT2D eigenvalue weighted by Crippen LogP contribution is 2.21. The summed E-state index contributed by atoms with van der Waals surface area (Å²) in [5, 5.41) is 0. The molecule has 7 nitrogen and oxygen atoms in total. The first-order valence-corrected chi connectivity index (χ1v) is 7.90. The topological polar surface area (TPSA) is 92.8 Å². The number of likely N-dealkylation sites (tertiary alicyclic amines) is 1. The van der Waals surface area contributed by atoms with E-state index in [1.807, 2.05) is 4.72 Å². The smallest absolute Gasteiger partial charge is 0.410 e. The lowest BCUT2D eigenvalue weighted by molar-refractivity contribution is -0.123. The quantitative estimate of drug-likeness (QED) is 0.798. The van der Waals surface area contributed by atoms with Crippen molar-refractivity contribution < 1.29 is 22.7 Å². The summed E-state index contributed by atoms with van der Waals surface area (Å²) in [4.78, 5) is 25.0. The second kappa shape index (κ2) is 5.36. The minimum atomic E-state index is -3.62. The number of ether oxygens (including phenoxy) is 1. The third-order valence-electron chi connectivity index (χ3n) is 2.47. The fourth-order valence-corrected chi connectivity index (χ4v) is 2.33. The highest BCUT2D eigenvalue weighted by atomic mass is 32.2. The molecule has 19 heavy (non-hydrogen) atoms. The summed E-state index contributed by atoms with van der Waals surface area (Å²) < 4.78 is 29.2. The van der Waals surface area contributed by atoms with Gasteiger partial charge in [-0.1, -0.05) is 0 Å².